The van der Waals surface area contributed by atoms with Crippen LogP contribution in [0.5, 0.6) is 0 Å². The average Bonchev–Trinajstić information content (AvgIpc) is 2.75. The van der Waals surface area contributed by atoms with Crippen LogP contribution >= 0.6 is 0 Å². The van der Waals surface area contributed by atoms with Crippen LogP contribution in [0.2, 0.25) is 0 Å². The number of carbonyl (C=O) groups excluding carboxylic acids is 2. The minimum absolute atomic E-state index is 0.00798. The van der Waals surface area contributed by atoms with E-state index in [0.717, 1.165) is 37.8 Å². The summed E-state index contributed by atoms with van der Waals surface area (Å²) in [6, 6.07) is 3.57. The molecule has 0 unspecified atom stereocenters. The zero-order valence-electron chi connectivity index (χ0n) is 13.3. The van der Waals surface area contributed by atoms with Gasteiger partial charge in [-0.1, -0.05) is 25.7 Å². The van der Waals surface area contributed by atoms with Crippen molar-refractivity contribution < 1.29 is 18.7 Å². The molecular weight excluding hydrogens is 299 g/mol. The second-order valence-electron chi connectivity index (χ2n) is 5.98. The fourth-order valence-electron chi connectivity index (χ4n) is 2.74. The number of anilines is 1. The molecule has 126 valence electrons. The molecule has 6 heteroatoms. The molecule has 0 radical (unpaired) electrons. The molecule has 1 aliphatic carbocycles. The highest BCUT2D eigenvalue weighted by Gasteiger charge is 2.23. The third kappa shape index (κ3) is 4.94. The molecule has 1 aromatic rings. The molecule has 23 heavy (non-hydrogen) atoms. The topological polar surface area (TPSA) is 81.4 Å². The first-order valence-corrected chi connectivity index (χ1v) is 8.03. The maximum Gasteiger partial charge on any atom is 0.341 e. The van der Waals surface area contributed by atoms with Gasteiger partial charge in [-0.2, -0.15) is 0 Å². The second kappa shape index (κ2) is 7.94. The molecule has 2 rings (SSSR count). The Bertz CT molecular complexity index is 569. The number of amides is 1. The third-order valence-corrected chi connectivity index (χ3v) is 4.09. The quantitative estimate of drug-likeness (QED) is 0.507. The van der Waals surface area contributed by atoms with Gasteiger partial charge in [-0.3, -0.25) is 4.79 Å². The molecule has 0 saturated heterocycles. The Kier molecular flexibility index (Phi) is 5.96. The monoisotopic (exact) mass is 322 g/mol. The molecule has 1 amide bonds. The van der Waals surface area contributed by atoms with Gasteiger partial charge in [0.2, 0.25) is 0 Å². The smallest absolute Gasteiger partial charge is 0.341 e. The molecule has 0 heterocycles. The number of nitrogen functional groups attached to an aromatic ring is 1. The summed E-state index contributed by atoms with van der Waals surface area (Å²) < 4.78 is 18.1. The number of benzene rings is 1. The zero-order chi connectivity index (χ0) is 16.8. The van der Waals surface area contributed by atoms with Gasteiger partial charge >= 0.3 is 5.97 Å². The van der Waals surface area contributed by atoms with Crippen LogP contribution in [0.25, 0.3) is 0 Å². The van der Waals surface area contributed by atoms with Gasteiger partial charge in [0.25, 0.3) is 5.91 Å². The number of ether oxygens (including phenoxy) is 1. The highest BCUT2D eigenvalue weighted by molar-refractivity contribution is 5.96. The SMILES string of the molecule is C[C@H](OC(=O)c1ccc(F)cc1N)C(=O)NC1CCCCCC1. The molecule has 0 aromatic heterocycles. The normalized spacial score (nSPS) is 17.1. The van der Waals surface area contributed by atoms with Crippen molar-refractivity contribution in [2.24, 2.45) is 0 Å². The number of nitrogens with one attached hydrogen (secondary N) is 1. The first-order valence-electron chi connectivity index (χ1n) is 8.03. The third-order valence-electron chi connectivity index (χ3n) is 4.09. The van der Waals surface area contributed by atoms with Crippen LogP contribution in [-0.2, 0) is 9.53 Å². The van der Waals surface area contributed by atoms with Crippen LogP contribution in [0, 0.1) is 5.82 Å². The molecule has 0 bridgehead atoms. The molecule has 3 N–H and O–H groups in total. The van der Waals surface area contributed by atoms with Gasteiger partial charge in [0.1, 0.15) is 5.82 Å². The van der Waals surface area contributed by atoms with E-state index in [4.69, 9.17) is 10.5 Å². The van der Waals surface area contributed by atoms with Crippen LogP contribution in [0.1, 0.15) is 55.8 Å². The van der Waals surface area contributed by atoms with E-state index in [1.807, 2.05) is 0 Å². The Morgan fingerprint density at radius 3 is 2.52 bits per heavy atom. The van der Waals surface area contributed by atoms with E-state index in [2.05, 4.69) is 5.32 Å². The van der Waals surface area contributed by atoms with Gasteiger partial charge in [-0.25, -0.2) is 9.18 Å². The van der Waals surface area contributed by atoms with Crippen molar-refractivity contribution in [2.75, 3.05) is 5.73 Å². The van der Waals surface area contributed by atoms with Crippen molar-refractivity contribution in [3.8, 4) is 0 Å². The molecule has 1 aromatic carbocycles. The van der Waals surface area contributed by atoms with E-state index in [0.29, 0.717) is 0 Å². The molecule has 1 fully saturated rings. The molecule has 0 spiro atoms. The Morgan fingerprint density at radius 2 is 1.91 bits per heavy atom. The van der Waals surface area contributed by atoms with E-state index in [1.165, 1.54) is 25.8 Å². The lowest BCUT2D eigenvalue weighted by Gasteiger charge is -2.20. The maximum atomic E-state index is 13.0. The van der Waals surface area contributed by atoms with Gasteiger partial charge in [-0.15, -0.1) is 0 Å². The van der Waals surface area contributed by atoms with Gasteiger partial charge in [-0.05, 0) is 38.0 Å². The lowest BCUT2D eigenvalue weighted by atomic mass is 10.1. The molecule has 1 atom stereocenters. The highest BCUT2D eigenvalue weighted by Crippen LogP contribution is 2.18. The summed E-state index contributed by atoms with van der Waals surface area (Å²) in [6.07, 6.45) is 5.59. The Morgan fingerprint density at radius 1 is 1.26 bits per heavy atom. The first-order chi connectivity index (χ1) is 11.0. The minimum atomic E-state index is -0.921. The van der Waals surface area contributed by atoms with Gasteiger partial charge in [0, 0.05) is 11.7 Å². The summed E-state index contributed by atoms with van der Waals surface area (Å²) in [6.45, 7) is 1.52. The summed E-state index contributed by atoms with van der Waals surface area (Å²) in [5.41, 5.74) is 5.65. The van der Waals surface area contributed by atoms with E-state index in [-0.39, 0.29) is 23.2 Å². The van der Waals surface area contributed by atoms with Crippen LogP contribution in [0.15, 0.2) is 18.2 Å². The van der Waals surface area contributed by atoms with Gasteiger partial charge in [0.05, 0.1) is 5.56 Å². The number of nitrogens with two attached hydrogens (primary N) is 1. The van der Waals surface area contributed by atoms with Crippen molar-refractivity contribution in [3.63, 3.8) is 0 Å². The standard InChI is InChI=1S/C17H23FN2O3/c1-11(16(21)20-13-6-4-2-3-5-7-13)23-17(22)14-9-8-12(18)10-15(14)19/h8-11,13H,2-7,19H2,1H3,(H,20,21)/t11-/m0/s1. The van der Waals surface area contributed by atoms with Crippen LogP contribution < -0.4 is 11.1 Å². The van der Waals surface area contributed by atoms with Crippen molar-refractivity contribution in [1.82, 2.24) is 5.32 Å². The van der Waals surface area contributed by atoms with Gasteiger partial charge < -0.3 is 15.8 Å². The number of carbonyl (C=O) groups is 2. The molecular formula is C17H23FN2O3. The Balaban J connectivity index is 1.90. The Hall–Kier alpha value is -2.11. The zero-order valence-corrected chi connectivity index (χ0v) is 13.3. The fraction of sp³-hybridized carbons (Fsp3) is 0.529. The summed E-state index contributed by atoms with van der Waals surface area (Å²) in [7, 11) is 0. The van der Waals surface area contributed by atoms with E-state index in [9.17, 15) is 14.0 Å². The number of esters is 1. The molecule has 1 aliphatic rings. The number of halogens is 1. The van der Waals surface area contributed by atoms with Crippen molar-refractivity contribution in [2.45, 2.75) is 57.6 Å². The van der Waals surface area contributed by atoms with E-state index < -0.39 is 17.9 Å². The van der Waals surface area contributed by atoms with Crippen LogP contribution in [0.4, 0.5) is 10.1 Å². The van der Waals surface area contributed by atoms with Crippen molar-refractivity contribution in [1.29, 1.82) is 0 Å². The summed E-state index contributed by atoms with van der Waals surface area (Å²) in [5.74, 6) is -1.57. The van der Waals surface area contributed by atoms with E-state index >= 15 is 0 Å². The fourth-order valence-corrected chi connectivity index (χ4v) is 2.74. The average molecular weight is 322 g/mol. The van der Waals surface area contributed by atoms with Crippen molar-refractivity contribution >= 4 is 17.6 Å². The molecule has 1 saturated carbocycles. The van der Waals surface area contributed by atoms with Crippen molar-refractivity contribution in [3.05, 3.63) is 29.6 Å². The number of rotatable bonds is 4. The predicted octanol–water partition coefficient (Wildman–Crippen LogP) is 2.79. The molecule has 5 nitrogen and oxygen atoms in total. The summed E-state index contributed by atoms with van der Waals surface area (Å²) in [5, 5.41) is 2.93. The predicted molar refractivity (Wildman–Crippen MR) is 85.3 cm³/mol. The minimum Gasteiger partial charge on any atom is -0.449 e. The first kappa shape index (κ1) is 17.2. The Labute approximate surface area is 135 Å². The largest absolute Gasteiger partial charge is 0.449 e. The number of hydrogen-bond acceptors (Lipinski definition) is 4. The summed E-state index contributed by atoms with van der Waals surface area (Å²) >= 11 is 0. The molecule has 0 aliphatic heterocycles. The second-order valence-corrected chi connectivity index (χ2v) is 5.98. The van der Waals surface area contributed by atoms with E-state index in [1.54, 1.807) is 0 Å². The van der Waals surface area contributed by atoms with Gasteiger partial charge in [0.15, 0.2) is 6.10 Å². The van der Waals surface area contributed by atoms with Crippen LogP contribution in [0.3, 0.4) is 0 Å². The highest BCUT2D eigenvalue weighted by atomic mass is 19.1. The lowest BCUT2D eigenvalue weighted by Crippen LogP contribution is -2.41. The maximum absolute atomic E-state index is 13.0. The number of hydrogen-bond donors (Lipinski definition) is 2. The lowest BCUT2D eigenvalue weighted by molar-refractivity contribution is -0.129. The summed E-state index contributed by atoms with van der Waals surface area (Å²) in [4.78, 5) is 24.2. The van der Waals surface area contributed by atoms with Crippen LogP contribution in [-0.4, -0.2) is 24.0 Å².